The van der Waals surface area contributed by atoms with E-state index in [1.54, 1.807) is 35.4 Å². The second-order valence-corrected chi connectivity index (χ2v) is 5.38. The van der Waals surface area contributed by atoms with Gasteiger partial charge in [0.05, 0.1) is 0 Å². The fourth-order valence-electron chi connectivity index (χ4n) is 1.31. The molecule has 0 saturated carbocycles. The molecule has 0 aliphatic carbocycles. The standard InChI is InChI=1S/C11H11N3OS2/c12-14-10(15)9-3-1-2-8(6-9)7-17-11-13-4-5-16-11/h1-6H,7,12H2,(H,14,15). The van der Waals surface area contributed by atoms with E-state index in [0.29, 0.717) is 5.56 Å². The second kappa shape index (κ2) is 5.81. The maximum absolute atomic E-state index is 11.3. The zero-order valence-corrected chi connectivity index (χ0v) is 10.6. The van der Waals surface area contributed by atoms with E-state index in [1.807, 2.05) is 23.6 Å². The predicted octanol–water partition coefficient (Wildman–Crippen LogP) is 2.04. The number of aromatic nitrogens is 1. The van der Waals surface area contributed by atoms with Crippen LogP contribution in [-0.4, -0.2) is 10.9 Å². The van der Waals surface area contributed by atoms with Gasteiger partial charge in [0.25, 0.3) is 5.91 Å². The lowest BCUT2D eigenvalue weighted by Gasteiger charge is -2.03. The van der Waals surface area contributed by atoms with Gasteiger partial charge in [-0.05, 0) is 17.7 Å². The molecule has 2 rings (SSSR count). The molecule has 0 spiro atoms. The summed E-state index contributed by atoms with van der Waals surface area (Å²) >= 11 is 3.26. The number of thiazole rings is 1. The van der Waals surface area contributed by atoms with Gasteiger partial charge in [-0.15, -0.1) is 11.3 Å². The van der Waals surface area contributed by atoms with E-state index in [0.717, 1.165) is 15.7 Å². The number of rotatable bonds is 4. The molecule has 1 heterocycles. The number of nitrogens with zero attached hydrogens (tertiary/aromatic N) is 1. The Morgan fingerprint density at radius 2 is 2.41 bits per heavy atom. The maximum atomic E-state index is 11.3. The fraction of sp³-hybridized carbons (Fsp3) is 0.0909. The molecule has 0 saturated heterocycles. The average Bonchev–Trinajstić information content (AvgIpc) is 2.89. The fourth-order valence-corrected chi connectivity index (χ4v) is 2.89. The van der Waals surface area contributed by atoms with Crippen molar-refractivity contribution in [1.29, 1.82) is 0 Å². The van der Waals surface area contributed by atoms with Crippen molar-refractivity contribution < 1.29 is 4.79 Å². The van der Waals surface area contributed by atoms with E-state index in [-0.39, 0.29) is 5.91 Å². The highest BCUT2D eigenvalue weighted by Gasteiger charge is 2.04. The van der Waals surface area contributed by atoms with Gasteiger partial charge in [-0.25, -0.2) is 10.8 Å². The van der Waals surface area contributed by atoms with Crippen LogP contribution in [0.15, 0.2) is 40.2 Å². The number of benzene rings is 1. The van der Waals surface area contributed by atoms with Crippen LogP contribution in [0.5, 0.6) is 0 Å². The van der Waals surface area contributed by atoms with Crippen LogP contribution in [0.4, 0.5) is 0 Å². The molecular weight excluding hydrogens is 254 g/mol. The van der Waals surface area contributed by atoms with Crippen LogP contribution in [0.3, 0.4) is 0 Å². The molecule has 1 aromatic heterocycles. The van der Waals surface area contributed by atoms with Gasteiger partial charge in [0.15, 0.2) is 0 Å². The second-order valence-electron chi connectivity index (χ2n) is 3.26. The zero-order chi connectivity index (χ0) is 12.1. The van der Waals surface area contributed by atoms with E-state index in [4.69, 9.17) is 5.84 Å². The van der Waals surface area contributed by atoms with E-state index in [9.17, 15) is 4.79 Å². The van der Waals surface area contributed by atoms with E-state index < -0.39 is 0 Å². The van der Waals surface area contributed by atoms with Crippen molar-refractivity contribution in [3.05, 3.63) is 47.0 Å². The van der Waals surface area contributed by atoms with Crippen LogP contribution < -0.4 is 11.3 Å². The Bertz CT molecular complexity index is 499. The van der Waals surface area contributed by atoms with Gasteiger partial charge in [0, 0.05) is 22.9 Å². The predicted molar refractivity (Wildman–Crippen MR) is 69.8 cm³/mol. The third kappa shape index (κ3) is 3.29. The number of nitrogens with two attached hydrogens (primary N) is 1. The minimum atomic E-state index is -0.272. The van der Waals surface area contributed by atoms with E-state index >= 15 is 0 Å². The third-order valence-electron chi connectivity index (χ3n) is 2.09. The Labute approximate surface area is 107 Å². The number of hydrogen-bond donors (Lipinski definition) is 2. The first kappa shape index (κ1) is 12.1. The van der Waals surface area contributed by atoms with Crippen molar-refractivity contribution in [3.63, 3.8) is 0 Å². The van der Waals surface area contributed by atoms with Gasteiger partial charge in [-0.2, -0.15) is 0 Å². The molecule has 0 bridgehead atoms. The molecule has 0 atom stereocenters. The molecule has 0 aliphatic heterocycles. The number of hydrogen-bond acceptors (Lipinski definition) is 5. The quantitative estimate of drug-likeness (QED) is 0.384. The Hall–Kier alpha value is -1.37. The topological polar surface area (TPSA) is 68.0 Å². The Balaban J connectivity index is 2.03. The molecule has 0 aliphatic rings. The first-order valence-corrected chi connectivity index (χ1v) is 6.78. The van der Waals surface area contributed by atoms with Gasteiger partial charge < -0.3 is 0 Å². The number of nitrogen functional groups attached to an aromatic ring is 1. The molecule has 0 unspecified atom stereocenters. The number of carbonyl (C=O) groups excluding carboxylic acids is 1. The highest BCUT2D eigenvalue weighted by Crippen LogP contribution is 2.24. The number of carbonyl (C=O) groups is 1. The van der Waals surface area contributed by atoms with Crippen molar-refractivity contribution in [2.45, 2.75) is 10.1 Å². The molecule has 6 heteroatoms. The smallest absolute Gasteiger partial charge is 0.265 e. The summed E-state index contributed by atoms with van der Waals surface area (Å²) in [7, 11) is 0. The summed E-state index contributed by atoms with van der Waals surface area (Å²) in [5.41, 5.74) is 3.77. The largest absolute Gasteiger partial charge is 0.290 e. The van der Waals surface area contributed by atoms with Crippen LogP contribution in [0.2, 0.25) is 0 Å². The molecule has 0 radical (unpaired) electrons. The molecule has 17 heavy (non-hydrogen) atoms. The molecule has 1 aromatic carbocycles. The van der Waals surface area contributed by atoms with Crippen LogP contribution in [-0.2, 0) is 5.75 Å². The minimum Gasteiger partial charge on any atom is -0.290 e. The van der Waals surface area contributed by atoms with Gasteiger partial charge in [-0.3, -0.25) is 10.2 Å². The Morgan fingerprint density at radius 3 is 3.12 bits per heavy atom. The summed E-state index contributed by atoms with van der Waals surface area (Å²) in [5.74, 6) is 5.61. The van der Waals surface area contributed by atoms with Crippen LogP contribution in [0, 0.1) is 0 Å². The summed E-state index contributed by atoms with van der Waals surface area (Å²) in [6.45, 7) is 0. The molecule has 1 amide bonds. The number of amides is 1. The molecule has 0 fully saturated rings. The van der Waals surface area contributed by atoms with Gasteiger partial charge in [-0.1, -0.05) is 23.9 Å². The summed E-state index contributed by atoms with van der Waals surface area (Å²) in [6.07, 6.45) is 1.78. The lowest BCUT2D eigenvalue weighted by atomic mass is 10.1. The zero-order valence-electron chi connectivity index (χ0n) is 8.92. The van der Waals surface area contributed by atoms with E-state index in [2.05, 4.69) is 10.4 Å². The normalized spacial score (nSPS) is 10.2. The first-order valence-electron chi connectivity index (χ1n) is 4.92. The van der Waals surface area contributed by atoms with Crippen molar-refractivity contribution >= 4 is 29.0 Å². The molecule has 2 aromatic rings. The maximum Gasteiger partial charge on any atom is 0.265 e. The monoisotopic (exact) mass is 265 g/mol. The molecular formula is C11H11N3OS2. The minimum absolute atomic E-state index is 0.272. The van der Waals surface area contributed by atoms with Crippen molar-refractivity contribution in [2.75, 3.05) is 0 Å². The summed E-state index contributed by atoms with van der Waals surface area (Å²) in [4.78, 5) is 15.5. The SMILES string of the molecule is NNC(=O)c1cccc(CSc2nccs2)c1. The third-order valence-corrected chi connectivity index (χ3v) is 4.13. The van der Waals surface area contributed by atoms with Gasteiger partial charge >= 0.3 is 0 Å². The molecule has 3 N–H and O–H groups in total. The molecule has 88 valence electrons. The van der Waals surface area contributed by atoms with Gasteiger partial charge in [0.1, 0.15) is 4.34 Å². The Kier molecular flexibility index (Phi) is 4.13. The highest BCUT2D eigenvalue weighted by molar-refractivity contribution is 8.00. The van der Waals surface area contributed by atoms with Crippen LogP contribution in [0.1, 0.15) is 15.9 Å². The average molecular weight is 265 g/mol. The molecule has 4 nitrogen and oxygen atoms in total. The van der Waals surface area contributed by atoms with E-state index in [1.165, 1.54) is 0 Å². The van der Waals surface area contributed by atoms with Crippen molar-refractivity contribution in [3.8, 4) is 0 Å². The lowest BCUT2D eigenvalue weighted by Crippen LogP contribution is -2.29. The Morgan fingerprint density at radius 1 is 1.53 bits per heavy atom. The first-order chi connectivity index (χ1) is 8.29. The van der Waals surface area contributed by atoms with Crippen LogP contribution >= 0.6 is 23.1 Å². The van der Waals surface area contributed by atoms with Crippen molar-refractivity contribution in [2.24, 2.45) is 5.84 Å². The van der Waals surface area contributed by atoms with Crippen LogP contribution in [0.25, 0.3) is 0 Å². The summed E-state index contributed by atoms with van der Waals surface area (Å²) < 4.78 is 1.03. The summed E-state index contributed by atoms with van der Waals surface area (Å²) in [6, 6.07) is 7.40. The number of nitrogens with one attached hydrogen (secondary N) is 1. The number of hydrazine groups is 1. The van der Waals surface area contributed by atoms with Crippen molar-refractivity contribution in [1.82, 2.24) is 10.4 Å². The number of thioether (sulfide) groups is 1. The lowest BCUT2D eigenvalue weighted by molar-refractivity contribution is 0.0953. The summed E-state index contributed by atoms with van der Waals surface area (Å²) in [5, 5.41) is 1.95. The van der Waals surface area contributed by atoms with Gasteiger partial charge in [0.2, 0.25) is 0 Å². The highest BCUT2D eigenvalue weighted by atomic mass is 32.2.